The van der Waals surface area contributed by atoms with Crippen molar-refractivity contribution in [2.75, 3.05) is 26.2 Å². The van der Waals surface area contributed by atoms with Gasteiger partial charge in [0.05, 0.1) is 23.2 Å². The topological polar surface area (TPSA) is 157 Å². The number of alkyl halides is 3. The molecule has 0 radical (unpaired) electrons. The van der Waals surface area contributed by atoms with Gasteiger partial charge in [0.1, 0.15) is 0 Å². The van der Waals surface area contributed by atoms with E-state index in [4.69, 9.17) is 17.2 Å². The van der Waals surface area contributed by atoms with E-state index in [1.807, 2.05) is 12.1 Å². The molecule has 0 bridgehead atoms. The molecule has 1 heterocycles. The Hall–Kier alpha value is -3.87. The summed E-state index contributed by atoms with van der Waals surface area (Å²) in [5.74, 6) is -1.23. The van der Waals surface area contributed by atoms with Crippen LogP contribution in [0.2, 0.25) is 0 Å². The minimum Gasteiger partial charge on any atom is -0.345 e. The van der Waals surface area contributed by atoms with Crippen LogP contribution in [0.1, 0.15) is 29.5 Å². The number of hydrogen-bond acceptors (Lipinski definition) is 7. The highest BCUT2D eigenvalue weighted by atomic mass is 19.4. The molecule has 0 saturated carbocycles. The van der Waals surface area contributed by atoms with Gasteiger partial charge in [-0.05, 0) is 54.3 Å². The molecule has 0 aliphatic heterocycles. The van der Waals surface area contributed by atoms with E-state index in [1.54, 1.807) is 24.4 Å². The first kappa shape index (κ1) is 31.7. The molecular formula is C29H35F3N6O3. The van der Waals surface area contributed by atoms with Crippen LogP contribution in [0.3, 0.4) is 0 Å². The molecular weight excluding hydrogens is 537 g/mol. The number of ketones is 1. The van der Waals surface area contributed by atoms with Crippen LogP contribution in [0.15, 0.2) is 60.8 Å². The monoisotopic (exact) mass is 572 g/mol. The summed E-state index contributed by atoms with van der Waals surface area (Å²) in [5, 5.41) is 3.50. The molecule has 0 fully saturated rings. The summed E-state index contributed by atoms with van der Waals surface area (Å²) >= 11 is 0. The number of pyridine rings is 1. The number of rotatable bonds is 14. The number of aromatic nitrogens is 1. The maximum atomic E-state index is 13.4. The van der Waals surface area contributed by atoms with Crippen LogP contribution in [-0.4, -0.2) is 65.7 Å². The number of nitrogens with one attached hydrogen (secondary N) is 1. The molecule has 0 aliphatic carbocycles. The predicted molar refractivity (Wildman–Crippen MR) is 149 cm³/mol. The van der Waals surface area contributed by atoms with E-state index in [1.165, 1.54) is 17.0 Å². The lowest BCUT2D eigenvalue weighted by molar-refractivity contribution is -0.137. The van der Waals surface area contributed by atoms with Gasteiger partial charge in [0.15, 0.2) is 5.78 Å². The van der Waals surface area contributed by atoms with E-state index in [0.29, 0.717) is 24.2 Å². The molecule has 0 spiro atoms. The Bertz CT molecular complexity index is 1330. The van der Waals surface area contributed by atoms with Crippen molar-refractivity contribution >= 4 is 28.5 Å². The number of benzene rings is 2. The highest BCUT2D eigenvalue weighted by Gasteiger charge is 2.30. The van der Waals surface area contributed by atoms with Crippen LogP contribution >= 0.6 is 0 Å². The Morgan fingerprint density at radius 1 is 0.951 bits per heavy atom. The minimum atomic E-state index is -4.50. The van der Waals surface area contributed by atoms with Gasteiger partial charge in [0.2, 0.25) is 11.8 Å². The van der Waals surface area contributed by atoms with E-state index in [9.17, 15) is 27.6 Å². The van der Waals surface area contributed by atoms with Gasteiger partial charge in [-0.3, -0.25) is 19.4 Å². The van der Waals surface area contributed by atoms with Crippen molar-refractivity contribution in [3.63, 3.8) is 0 Å². The number of carbonyl (C=O) groups is 3. The standard InChI is InChI=1S/C29H35F3N6O3/c30-29(31,32)22-6-3-19(4-7-22)17-25(26(39)18-20-5-9-24-21(16-20)2-1-13-36-24)37-28(41)23(35)8-10-27(40)38(14-11-33)15-12-34/h1-7,9,13,16,23,25H,8,10-12,14-15,17-18,33-35H2,(H,37,41)/t23-,25+/m0/s1. The normalized spacial score (nSPS) is 13.0. The molecule has 0 aliphatic rings. The average Bonchev–Trinajstić information content (AvgIpc) is 2.94. The van der Waals surface area contributed by atoms with Crippen molar-refractivity contribution in [3.05, 3.63) is 77.5 Å². The smallest absolute Gasteiger partial charge is 0.345 e. The van der Waals surface area contributed by atoms with E-state index >= 15 is 0 Å². The predicted octanol–water partition coefficient (Wildman–Crippen LogP) is 1.95. The van der Waals surface area contributed by atoms with Crippen molar-refractivity contribution in [1.29, 1.82) is 0 Å². The van der Waals surface area contributed by atoms with E-state index in [2.05, 4.69) is 10.3 Å². The quantitative estimate of drug-likeness (QED) is 0.230. The summed E-state index contributed by atoms with van der Waals surface area (Å²) in [7, 11) is 0. The molecule has 12 heteroatoms. The first-order chi connectivity index (χ1) is 19.5. The molecule has 9 nitrogen and oxygen atoms in total. The second kappa shape index (κ2) is 14.7. The van der Waals surface area contributed by atoms with Crippen molar-refractivity contribution < 1.29 is 27.6 Å². The zero-order valence-corrected chi connectivity index (χ0v) is 22.6. The maximum Gasteiger partial charge on any atom is 0.416 e. The summed E-state index contributed by atoms with van der Waals surface area (Å²) in [6, 6.07) is 11.3. The van der Waals surface area contributed by atoms with Gasteiger partial charge < -0.3 is 27.4 Å². The molecule has 2 aromatic carbocycles. The van der Waals surface area contributed by atoms with Gasteiger partial charge in [-0.25, -0.2) is 0 Å². The molecule has 2 atom stereocenters. The molecule has 2 amide bonds. The van der Waals surface area contributed by atoms with Gasteiger partial charge in [0, 0.05) is 50.6 Å². The first-order valence-corrected chi connectivity index (χ1v) is 13.3. The van der Waals surface area contributed by atoms with Crippen molar-refractivity contribution in [3.8, 4) is 0 Å². The lowest BCUT2D eigenvalue weighted by atomic mass is 9.96. The summed E-state index contributed by atoms with van der Waals surface area (Å²) in [4.78, 5) is 44.7. The fraction of sp³-hybridized carbons (Fsp3) is 0.379. The molecule has 0 unspecified atom stereocenters. The zero-order chi connectivity index (χ0) is 30.0. The Labute approximate surface area is 236 Å². The Kier molecular flexibility index (Phi) is 11.3. The summed E-state index contributed by atoms with van der Waals surface area (Å²) in [5.41, 5.74) is 18.2. The number of amides is 2. The average molecular weight is 573 g/mol. The highest BCUT2D eigenvalue weighted by Crippen LogP contribution is 2.29. The fourth-order valence-corrected chi connectivity index (χ4v) is 4.39. The molecule has 3 aromatic rings. The lowest BCUT2D eigenvalue weighted by Crippen LogP contribution is -2.50. The Morgan fingerprint density at radius 3 is 2.24 bits per heavy atom. The zero-order valence-electron chi connectivity index (χ0n) is 22.6. The van der Waals surface area contributed by atoms with Crippen LogP contribution in [0.25, 0.3) is 10.9 Å². The van der Waals surface area contributed by atoms with Crippen molar-refractivity contribution in [1.82, 2.24) is 15.2 Å². The highest BCUT2D eigenvalue weighted by molar-refractivity contribution is 5.93. The fourth-order valence-electron chi connectivity index (χ4n) is 4.39. The number of halogens is 3. The van der Waals surface area contributed by atoms with Crippen molar-refractivity contribution in [2.45, 2.75) is 43.9 Å². The Balaban J connectivity index is 1.73. The molecule has 3 rings (SSSR count). The molecule has 220 valence electrons. The van der Waals surface area contributed by atoms with Crippen LogP contribution < -0.4 is 22.5 Å². The minimum absolute atomic E-state index is 0.0166. The van der Waals surface area contributed by atoms with Gasteiger partial charge in [-0.1, -0.05) is 24.3 Å². The molecule has 7 N–H and O–H groups in total. The Morgan fingerprint density at radius 2 is 1.61 bits per heavy atom. The van der Waals surface area contributed by atoms with Gasteiger partial charge in [0.25, 0.3) is 0 Å². The van der Waals surface area contributed by atoms with Gasteiger partial charge >= 0.3 is 6.18 Å². The summed E-state index contributed by atoms with van der Waals surface area (Å²) in [6.45, 7) is 1.18. The van der Waals surface area contributed by atoms with Crippen LogP contribution in [0.5, 0.6) is 0 Å². The maximum absolute atomic E-state index is 13.4. The van der Waals surface area contributed by atoms with E-state index in [0.717, 1.165) is 23.0 Å². The number of nitrogens with two attached hydrogens (primary N) is 3. The van der Waals surface area contributed by atoms with Crippen molar-refractivity contribution in [2.24, 2.45) is 17.2 Å². The van der Waals surface area contributed by atoms with Gasteiger partial charge in [-0.15, -0.1) is 0 Å². The third kappa shape index (κ3) is 9.34. The number of Topliss-reactive ketones (excluding diaryl/α,β-unsaturated/α-hetero) is 1. The van der Waals surface area contributed by atoms with Crippen LogP contribution in [0, 0.1) is 0 Å². The lowest BCUT2D eigenvalue weighted by Gasteiger charge is -2.23. The number of fused-ring (bicyclic) bond motifs is 1. The largest absolute Gasteiger partial charge is 0.416 e. The van der Waals surface area contributed by atoms with E-state index in [-0.39, 0.29) is 50.5 Å². The summed E-state index contributed by atoms with van der Waals surface area (Å²) in [6.07, 6.45) is -2.90. The number of carbonyl (C=O) groups excluding carboxylic acids is 3. The van der Waals surface area contributed by atoms with Crippen LogP contribution in [0.4, 0.5) is 13.2 Å². The molecule has 0 saturated heterocycles. The van der Waals surface area contributed by atoms with Gasteiger partial charge in [-0.2, -0.15) is 13.2 Å². The third-order valence-corrected chi connectivity index (χ3v) is 6.63. The second-order valence-corrected chi connectivity index (χ2v) is 9.74. The van der Waals surface area contributed by atoms with E-state index < -0.39 is 29.7 Å². The second-order valence-electron chi connectivity index (χ2n) is 9.74. The van der Waals surface area contributed by atoms with Crippen LogP contribution in [-0.2, 0) is 33.4 Å². The third-order valence-electron chi connectivity index (χ3n) is 6.63. The number of nitrogens with zero attached hydrogens (tertiary/aromatic N) is 2. The molecule has 41 heavy (non-hydrogen) atoms. The number of hydrogen-bond donors (Lipinski definition) is 4. The first-order valence-electron chi connectivity index (χ1n) is 13.3. The SMILES string of the molecule is NCCN(CCN)C(=O)CC[C@H](N)C(=O)N[C@H](Cc1ccc(C(F)(F)F)cc1)C(=O)Cc1ccc2ncccc2c1. The molecule has 1 aromatic heterocycles. The summed E-state index contributed by atoms with van der Waals surface area (Å²) < 4.78 is 39.1.